The van der Waals surface area contributed by atoms with E-state index >= 15 is 0 Å². The predicted octanol–water partition coefficient (Wildman–Crippen LogP) is 9.62. The van der Waals surface area contributed by atoms with E-state index in [1.807, 2.05) is 47.2 Å². The maximum Gasteiger partial charge on any atom is 0.278 e. The van der Waals surface area contributed by atoms with Crippen LogP contribution in [0.2, 0.25) is 5.02 Å². The third kappa shape index (κ3) is 14.7. The van der Waals surface area contributed by atoms with Gasteiger partial charge in [-0.25, -0.2) is 9.97 Å². The average Bonchev–Trinajstić information content (AvgIpc) is 3.83. The topological polar surface area (TPSA) is 160 Å². The first-order chi connectivity index (χ1) is 35.2. The molecule has 0 atom stereocenters. The maximum atomic E-state index is 12.4. The van der Waals surface area contributed by atoms with E-state index in [-0.39, 0.29) is 23.5 Å². The van der Waals surface area contributed by atoms with Gasteiger partial charge in [0.1, 0.15) is 29.6 Å². The number of nitrogens with zero attached hydrogens (tertiary/aromatic N) is 9. The Bertz CT molecular complexity index is 2550. The number of amides is 1. The Kier molecular flexibility index (Phi) is 19.6. The summed E-state index contributed by atoms with van der Waals surface area (Å²) in [5.41, 5.74) is 6.65. The van der Waals surface area contributed by atoms with E-state index in [1.165, 1.54) is 24.8 Å². The number of halogens is 2. The molecule has 4 aliphatic rings. The summed E-state index contributed by atoms with van der Waals surface area (Å²) in [6.07, 6.45) is 13.1. The lowest BCUT2D eigenvalue weighted by atomic mass is 9.53. The highest BCUT2D eigenvalue weighted by Crippen LogP contribution is 2.55. The van der Waals surface area contributed by atoms with Crippen molar-refractivity contribution in [1.82, 2.24) is 34.9 Å². The number of piperidine rings is 2. The van der Waals surface area contributed by atoms with Gasteiger partial charge in [-0.15, -0.1) is 0 Å². The van der Waals surface area contributed by atoms with Crippen molar-refractivity contribution >= 4 is 40.5 Å². The van der Waals surface area contributed by atoms with Gasteiger partial charge in [-0.2, -0.15) is 20.4 Å². The molecule has 73 heavy (non-hydrogen) atoms. The number of ether oxygens (including phenoxy) is 2. The zero-order valence-electron chi connectivity index (χ0n) is 43.9. The van der Waals surface area contributed by atoms with E-state index in [4.69, 9.17) is 36.4 Å². The van der Waals surface area contributed by atoms with Gasteiger partial charge in [-0.1, -0.05) is 56.8 Å². The number of pyridine rings is 1. The van der Waals surface area contributed by atoms with Gasteiger partial charge in [0, 0.05) is 131 Å². The van der Waals surface area contributed by atoms with Gasteiger partial charge < -0.3 is 39.5 Å². The number of carbonyl (C=O) groups excluding carboxylic acids is 1. The van der Waals surface area contributed by atoms with Crippen LogP contribution in [0, 0.1) is 28.1 Å². The van der Waals surface area contributed by atoms with Crippen LogP contribution in [0.5, 0.6) is 11.6 Å². The minimum Gasteiger partial charge on any atom is -0.489 e. The average molecular weight is 1020 g/mol. The molecule has 1 amide bonds. The molecule has 4 fully saturated rings. The summed E-state index contributed by atoms with van der Waals surface area (Å²) >= 11 is 6.01. The monoisotopic (exact) mass is 1020 g/mol. The number of fused-ring (bicyclic) bond motifs is 1. The number of hydrogen-bond donors (Lipinski definition) is 3. The van der Waals surface area contributed by atoms with E-state index in [9.17, 15) is 9.28 Å². The molecule has 3 aromatic heterocycles. The Morgan fingerprint density at radius 2 is 1.59 bits per heavy atom. The minimum atomic E-state index is -0.701. The largest absolute Gasteiger partial charge is 0.489 e. The molecule has 9 rings (SSSR count). The molecule has 394 valence electrons. The molecule has 3 N–H and O–H groups in total. The second-order valence-electron chi connectivity index (χ2n) is 21.1. The van der Waals surface area contributed by atoms with E-state index in [1.54, 1.807) is 31.2 Å². The summed E-state index contributed by atoms with van der Waals surface area (Å²) < 4.78 is 26.4. The van der Waals surface area contributed by atoms with Crippen molar-refractivity contribution in [2.24, 2.45) is 16.7 Å². The fourth-order valence-corrected chi connectivity index (χ4v) is 11.3. The zero-order valence-corrected chi connectivity index (χ0v) is 44.6. The number of rotatable bonds is 16. The Balaban J connectivity index is 0.000000310. The molecule has 17 heteroatoms. The summed E-state index contributed by atoms with van der Waals surface area (Å²) in [6, 6.07) is 20.7. The van der Waals surface area contributed by atoms with Crippen molar-refractivity contribution in [3.05, 3.63) is 100 Å². The van der Waals surface area contributed by atoms with Crippen LogP contribution in [0.25, 0.3) is 5.65 Å². The molecule has 0 spiro atoms. The molecule has 1 aliphatic carbocycles. The SMILES string of the molecule is CC1(C)CC(C)(C)C1Oc1ccc(C#N)c(Cl)c1.CCO.CCc1cnn2c(NCc3ccc(OCCCN4CCN(CC5CCN(c6ccc(C(=O)NF)cc6)CC5)CC4)nc3)cc(N3CCCCC3)nc12. The second-order valence-corrected chi connectivity index (χ2v) is 21.5. The molecule has 2 aromatic carbocycles. The van der Waals surface area contributed by atoms with Crippen molar-refractivity contribution in [2.45, 2.75) is 106 Å². The summed E-state index contributed by atoms with van der Waals surface area (Å²) in [7, 11) is 0. The van der Waals surface area contributed by atoms with Gasteiger partial charge in [0.05, 0.1) is 23.4 Å². The van der Waals surface area contributed by atoms with Gasteiger partial charge in [-0.3, -0.25) is 4.79 Å². The molecule has 0 radical (unpaired) electrons. The van der Waals surface area contributed by atoms with E-state index < -0.39 is 5.91 Å². The Labute approximate surface area is 436 Å². The van der Waals surface area contributed by atoms with Crippen LogP contribution >= 0.6 is 11.6 Å². The molecule has 6 heterocycles. The number of hydrogen-bond acceptors (Lipinski definition) is 13. The smallest absolute Gasteiger partial charge is 0.278 e. The molecule has 3 aliphatic heterocycles. The Hall–Kier alpha value is -5.73. The van der Waals surface area contributed by atoms with Crippen LogP contribution in [0.4, 0.5) is 21.8 Å². The molecule has 5 aromatic rings. The highest BCUT2D eigenvalue weighted by atomic mass is 35.5. The predicted molar refractivity (Wildman–Crippen MR) is 288 cm³/mol. The molecule has 0 unspecified atom stereocenters. The van der Waals surface area contributed by atoms with Gasteiger partial charge in [-0.05, 0) is 106 Å². The number of nitrogens with one attached hydrogen (secondary N) is 2. The molecule has 0 bridgehead atoms. The molecule has 3 saturated heterocycles. The van der Waals surface area contributed by atoms with Crippen LogP contribution in [0.1, 0.15) is 114 Å². The molecule has 15 nitrogen and oxygen atoms in total. The highest BCUT2D eigenvalue weighted by molar-refractivity contribution is 6.31. The summed E-state index contributed by atoms with van der Waals surface area (Å²) in [4.78, 5) is 31.0. The van der Waals surface area contributed by atoms with Crippen LogP contribution in [0.15, 0.2) is 73.1 Å². The van der Waals surface area contributed by atoms with Gasteiger partial charge in [0.25, 0.3) is 5.91 Å². The molecular weight excluding hydrogens is 945 g/mol. The standard InChI is InChI=1S/C39H53FN10O2.C15H18ClNO.C2H6O/c1-2-32-28-43-50-35(25-36(44-38(32)50)49-16-4-3-5-17-49)41-26-31-7-12-37(42-27-31)52-24-6-15-46-20-22-47(23-21-46)29-30-13-18-48(19-14-30)34-10-8-33(9-11-34)39(51)45-40;1-14(2)9-15(3,4)13(14)18-11-6-5-10(8-17)12(16)7-11;1-2-3/h7-12,25,27-28,30,41H,2-6,13-24,26,29H2,1H3,(H,45,51);5-7,13H,9H2,1-4H3;3H,2H2,1H3. The number of aliphatic hydroxyl groups excluding tert-OH is 1. The van der Waals surface area contributed by atoms with Crippen molar-refractivity contribution in [1.29, 1.82) is 5.26 Å². The van der Waals surface area contributed by atoms with Crippen LogP contribution < -0.4 is 30.1 Å². The summed E-state index contributed by atoms with van der Waals surface area (Å²) in [5.74, 6) is 3.38. The molecular formula is C56H77ClFN11O4. The first-order valence-electron chi connectivity index (χ1n) is 26.4. The number of carbonyl (C=O) groups is 1. The zero-order chi connectivity index (χ0) is 52.0. The van der Waals surface area contributed by atoms with Gasteiger partial charge in [0.15, 0.2) is 5.65 Å². The summed E-state index contributed by atoms with van der Waals surface area (Å²) in [5, 5.41) is 25.1. The van der Waals surface area contributed by atoms with Gasteiger partial charge in [0.2, 0.25) is 5.88 Å². The number of piperazine rings is 1. The Morgan fingerprint density at radius 1 is 0.890 bits per heavy atom. The van der Waals surface area contributed by atoms with E-state index in [2.05, 4.69) is 81.8 Å². The number of aryl methyl sites for hydroxylation is 1. The number of benzene rings is 2. The highest BCUT2D eigenvalue weighted by Gasteiger charge is 2.55. The third-order valence-corrected chi connectivity index (χ3v) is 14.9. The quantitative estimate of drug-likeness (QED) is 0.0634. The van der Waals surface area contributed by atoms with E-state index in [0.29, 0.717) is 41.1 Å². The lowest BCUT2D eigenvalue weighted by Crippen LogP contribution is -2.58. The maximum absolute atomic E-state index is 12.4. The Morgan fingerprint density at radius 3 is 2.21 bits per heavy atom. The first-order valence-corrected chi connectivity index (χ1v) is 26.7. The van der Waals surface area contributed by atoms with Crippen molar-refractivity contribution < 1.29 is 23.9 Å². The number of anilines is 3. The second kappa shape index (κ2) is 26.0. The van der Waals surface area contributed by atoms with Crippen LogP contribution in [0.3, 0.4) is 0 Å². The third-order valence-electron chi connectivity index (χ3n) is 14.6. The van der Waals surface area contributed by atoms with Crippen molar-refractivity contribution in [2.75, 3.05) is 93.8 Å². The number of aromatic nitrogens is 4. The first kappa shape index (κ1) is 55.0. The number of aliphatic hydroxyl groups is 1. The van der Waals surface area contributed by atoms with Crippen molar-refractivity contribution in [3.63, 3.8) is 0 Å². The lowest BCUT2D eigenvalue weighted by molar-refractivity contribution is -0.133. The normalized spacial score (nSPS) is 18.1. The fraction of sp³-hybridized carbons (Fsp3) is 0.554. The van der Waals surface area contributed by atoms with Gasteiger partial charge >= 0.3 is 0 Å². The summed E-state index contributed by atoms with van der Waals surface area (Å²) in [6.45, 7) is 25.0. The fourth-order valence-electron chi connectivity index (χ4n) is 11.1. The minimum absolute atomic E-state index is 0.175. The van der Waals surface area contributed by atoms with Crippen LogP contribution in [-0.4, -0.2) is 125 Å². The lowest BCUT2D eigenvalue weighted by Gasteiger charge is -2.56. The van der Waals surface area contributed by atoms with Crippen molar-refractivity contribution in [3.8, 4) is 17.7 Å². The van der Waals surface area contributed by atoms with E-state index in [0.717, 1.165) is 137 Å². The number of nitriles is 1. The molecule has 1 saturated carbocycles. The van der Waals surface area contributed by atoms with Crippen LogP contribution in [-0.2, 0) is 13.0 Å².